The third-order valence-electron chi connectivity index (χ3n) is 1.42. The molecule has 0 aromatic rings. The maximum absolute atomic E-state index is 9.90. The first-order valence-corrected chi connectivity index (χ1v) is 3.33. The summed E-state index contributed by atoms with van der Waals surface area (Å²) >= 11 is 0. The van der Waals surface area contributed by atoms with Gasteiger partial charge in [0, 0.05) is 0 Å². The quantitative estimate of drug-likeness (QED) is 0.222. The van der Waals surface area contributed by atoms with Gasteiger partial charge in [-0.05, 0) is 0 Å². The second-order valence-corrected chi connectivity index (χ2v) is 2.36. The third kappa shape index (κ3) is 4.35. The Morgan fingerprint density at radius 2 is 1.54 bits per heavy atom. The van der Waals surface area contributed by atoms with E-state index in [4.69, 9.17) is 25.5 Å². The van der Waals surface area contributed by atoms with Crippen molar-refractivity contribution >= 4 is 14.7 Å². The van der Waals surface area contributed by atoms with E-state index >= 15 is 0 Å². The Morgan fingerprint density at radius 1 is 1.08 bits per heavy atom. The zero-order valence-corrected chi connectivity index (χ0v) is 6.24. The average molecular weight is 194 g/mol. The van der Waals surface area contributed by atoms with Gasteiger partial charge in [-0.2, -0.15) is 0 Å². The number of carbonyl (C=O) groups is 1. The van der Waals surface area contributed by atoms with Crippen LogP contribution in [0.15, 0.2) is 0 Å². The van der Waals surface area contributed by atoms with Crippen molar-refractivity contribution in [3.8, 4) is 0 Å². The number of rotatable bonds is 5. The monoisotopic (exact) mass is 194 g/mol. The molecule has 0 spiro atoms. The summed E-state index contributed by atoms with van der Waals surface area (Å²) in [5.74, 6) is 0. The molecule has 13 heavy (non-hydrogen) atoms. The fourth-order valence-corrected chi connectivity index (χ4v) is 0.618. The van der Waals surface area contributed by atoms with E-state index in [1.54, 1.807) is 0 Å². The summed E-state index contributed by atoms with van der Waals surface area (Å²) < 4.78 is 0. The molecular weight excluding hydrogens is 179 g/mol. The molecule has 4 atom stereocenters. The van der Waals surface area contributed by atoms with E-state index < -0.39 is 31.0 Å². The van der Waals surface area contributed by atoms with Gasteiger partial charge in [-0.15, -0.1) is 0 Å². The van der Waals surface area contributed by atoms with Crippen LogP contribution in [0.5, 0.6) is 0 Å². The van der Waals surface area contributed by atoms with E-state index in [9.17, 15) is 4.79 Å². The molecule has 5 N–H and O–H groups in total. The van der Waals surface area contributed by atoms with Gasteiger partial charge in [0.05, 0.1) is 15.0 Å². The fraction of sp³-hybridized carbons (Fsp3) is 0.833. The first-order valence-electron chi connectivity index (χ1n) is 3.33. The Bertz CT molecular complexity index is 143. The van der Waals surface area contributed by atoms with Crippen molar-refractivity contribution in [1.82, 2.24) is 0 Å². The van der Waals surface area contributed by atoms with Crippen molar-refractivity contribution < 1.29 is 30.3 Å². The van der Waals surface area contributed by atoms with E-state index in [1.165, 1.54) is 0 Å². The number of hydrogen-bond acceptors (Lipinski definition) is 6. The summed E-state index contributed by atoms with van der Waals surface area (Å²) in [6.07, 6.45) is -6.84. The van der Waals surface area contributed by atoms with Gasteiger partial charge in [-0.25, -0.2) is 0 Å². The highest BCUT2D eigenvalue weighted by Gasteiger charge is 2.29. The summed E-state index contributed by atoms with van der Waals surface area (Å²) in [6.45, 7) is -0.760. The molecule has 0 aliphatic rings. The topological polar surface area (TPSA) is 118 Å². The van der Waals surface area contributed by atoms with Crippen LogP contribution in [0.4, 0.5) is 0 Å². The standard InChI is InChI=1S/C6H12O6.BH3/c7-1-3(9)5(11)6(12)4(10)2-8;/h1,3-6,8-12H,2H2;1H3. The molecule has 0 aromatic carbocycles. The largest absolute Gasteiger partial charge is 0.394 e. The van der Waals surface area contributed by atoms with Crippen LogP contribution in [0.2, 0.25) is 0 Å². The Morgan fingerprint density at radius 3 is 1.85 bits per heavy atom. The molecule has 0 fully saturated rings. The molecular formula is C6H15BO6. The molecule has 7 heteroatoms. The van der Waals surface area contributed by atoms with Crippen LogP contribution in [0.1, 0.15) is 0 Å². The van der Waals surface area contributed by atoms with Gasteiger partial charge in [0.1, 0.15) is 24.4 Å². The molecule has 0 saturated heterocycles. The minimum absolute atomic E-state index is 0. The molecule has 78 valence electrons. The van der Waals surface area contributed by atoms with Gasteiger partial charge in [0.15, 0.2) is 6.29 Å². The minimum Gasteiger partial charge on any atom is -0.394 e. The van der Waals surface area contributed by atoms with Crippen LogP contribution in [0, 0.1) is 0 Å². The van der Waals surface area contributed by atoms with Gasteiger partial charge < -0.3 is 30.3 Å². The van der Waals surface area contributed by atoms with E-state index in [2.05, 4.69) is 0 Å². The number of aldehydes is 1. The Balaban J connectivity index is 0. The van der Waals surface area contributed by atoms with E-state index in [0.29, 0.717) is 0 Å². The van der Waals surface area contributed by atoms with Crippen LogP contribution in [-0.4, -0.2) is 71.3 Å². The van der Waals surface area contributed by atoms with Crippen molar-refractivity contribution in [3.63, 3.8) is 0 Å². The highest BCUT2D eigenvalue weighted by molar-refractivity contribution is 5.75. The predicted molar refractivity (Wildman–Crippen MR) is 47.1 cm³/mol. The SMILES string of the molecule is B.O=CC(O)C(O)C(O)C(O)CO. The summed E-state index contributed by atoms with van der Waals surface area (Å²) in [5.41, 5.74) is 0. The molecule has 0 heterocycles. The van der Waals surface area contributed by atoms with Crippen molar-refractivity contribution in [2.75, 3.05) is 6.61 Å². The van der Waals surface area contributed by atoms with Gasteiger partial charge in [-0.3, -0.25) is 0 Å². The maximum Gasteiger partial charge on any atom is 0.151 e. The predicted octanol–water partition coefficient (Wildman–Crippen LogP) is -4.56. The molecule has 0 saturated carbocycles. The van der Waals surface area contributed by atoms with Crippen molar-refractivity contribution in [3.05, 3.63) is 0 Å². The first kappa shape index (κ1) is 15.0. The number of aliphatic hydroxyl groups excluding tert-OH is 5. The van der Waals surface area contributed by atoms with Gasteiger partial charge >= 0.3 is 0 Å². The molecule has 0 aliphatic carbocycles. The zero-order chi connectivity index (χ0) is 9.72. The highest BCUT2D eigenvalue weighted by Crippen LogP contribution is 2.02. The molecule has 0 aliphatic heterocycles. The van der Waals surface area contributed by atoms with E-state index in [-0.39, 0.29) is 14.7 Å². The van der Waals surface area contributed by atoms with Crippen molar-refractivity contribution in [2.24, 2.45) is 0 Å². The van der Waals surface area contributed by atoms with Crippen LogP contribution in [0.25, 0.3) is 0 Å². The van der Waals surface area contributed by atoms with E-state index in [0.717, 1.165) is 0 Å². The second kappa shape index (κ2) is 6.99. The lowest BCUT2D eigenvalue weighted by molar-refractivity contribution is -0.136. The van der Waals surface area contributed by atoms with Crippen LogP contribution in [0.3, 0.4) is 0 Å². The molecule has 6 nitrogen and oxygen atoms in total. The molecule has 0 amide bonds. The number of aliphatic hydroxyl groups is 5. The zero-order valence-electron chi connectivity index (χ0n) is 6.24. The molecule has 4 unspecified atom stereocenters. The molecule has 0 bridgehead atoms. The smallest absolute Gasteiger partial charge is 0.151 e. The van der Waals surface area contributed by atoms with Crippen molar-refractivity contribution in [1.29, 1.82) is 0 Å². The van der Waals surface area contributed by atoms with Gasteiger partial charge in [0.2, 0.25) is 0 Å². The highest BCUT2D eigenvalue weighted by atomic mass is 16.4. The van der Waals surface area contributed by atoms with E-state index in [1.807, 2.05) is 0 Å². The molecule has 0 radical (unpaired) electrons. The van der Waals surface area contributed by atoms with Crippen LogP contribution in [-0.2, 0) is 4.79 Å². The number of hydrogen-bond donors (Lipinski definition) is 5. The summed E-state index contributed by atoms with van der Waals surface area (Å²) in [6, 6.07) is 0. The second-order valence-electron chi connectivity index (χ2n) is 2.36. The third-order valence-corrected chi connectivity index (χ3v) is 1.42. The summed E-state index contributed by atoms with van der Waals surface area (Å²) in [4.78, 5) is 9.90. The Hall–Kier alpha value is -0.465. The molecule has 0 rings (SSSR count). The minimum atomic E-state index is -1.79. The Labute approximate surface area is 77.0 Å². The average Bonchev–Trinajstić information content (AvgIpc) is 2.12. The lowest BCUT2D eigenvalue weighted by Crippen LogP contribution is -2.46. The van der Waals surface area contributed by atoms with Crippen molar-refractivity contribution in [2.45, 2.75) is 24.4 Å². The summed E-state index contributed by atoms with van der Waals surface area (Å²) in [7, 11) is 0. The Kier molecular flexibility index (Phi) is 8.08. The maximum atomic E-state index is 9.90. The number of carbonyl (C=O) groups excluding carboxylic acids is 1. The van der Waals surface area contributed by atoms with Gasteiger partial charge in [0.25, 0.3) is 0 Å². The lowest BCUT2D eigenvalue weighted by atomic mass is 10.0. The molecule has 0 aromatic heterocycles. The summed E-state index contributed by atoms with van der Waals surface area (Å²) in [5, 5.41) is 43.5. The fourth-order valence-electron chi connectivity index (χ4n) is 0.618. The van der Waals surface area contributed by atoms with Gasteiger partial charge in [-0.1, -0.05) is 0 Å². The lowest BCUT2D eigenvalue weighted by Gasteiger charge is -2.22. The van der Waals surface area contributed by atoms with Crippen LogP contribution >= 0.6 is 0 Å². The van der Waals surface area contributed by atoms with Crippen LogP contribution < -0.4 is 0 Å². The first-order chi connectivity index (χ1) is 5.54. The normalized spacial score (nSPS) is 19.5.